The van der Waals surface area contributed by atoms with Gasteiger partial charge in [0.25, 0.3) is 5.91 Å². The summed E-state index contributed by atoms with van der Waals surface area (Å²) >= 11 is 0. The van der Waals surface area contributed by atoms with Gasteiger partial charge in [0, 0.05) is 62.5 Å². The molecule has 0 saturated carbocycles. The molecular formula is C31H35FN6O2. The molecule has 2 aliphatic heterocycles. The van der Waals surface area contributed by atoms with E-state index in [1.54, 1.807) is 16.8 Å². The van der Waals surface area contributed by atoms with E-state index in [1.807, 2.05) is 55.6 Å². The molecule has 0 radical (unpaired) electrons. The van der Waals surface area contributed by atoms with Crippen LogP contribution in [0.1, 0.15) is 17.4 Å². The van der Waals surface area contributed by atoms with Gasteiger partial charge in [-0.1, -0.05) is 30.3 Å². The molecular weight excluding hydrogens is 507 g/mol. The van der Waals surface area contributed by atoms with Crippen LogP contribution in [0.3, 0.4) is 0 Å². The second kappa shape index (κ2) is 10.9. The average molecular weight is 543 g/mol. The minimum atomic E-state index is -0.319. The molecule has 3 heterocycles. The molecule has 1 atom stereocenters. The van der Waals surface area contributed by atoms with Crippen LogP contribution in [0.5, 0.6) is 0 Å². The van der Waals surface area contributed by atoms with Crippen LogP contribution < -0.4 is 15.1 Å². The number of aryl methyl sites for hydroxylation is 1. The lowest BCUT2D eigenvalue weighted by molar-refractivity contribution is 0.102. The van der Waals surface area contributed by atoms with Gasteiger partial charge in [-0.05, 0) is 49.9 Å². The first-order valence-corrected chi connectivity index (χ1v) is 13.8. The summed E-state index contributed by atoms with van der Waals surface area (Å²) in [7, 11) is 3.92. The van der Waals surface area contributed by atoms with Crippen molar-refractivity contribution in [3.63, 3.8) is 0 Å². The second-order valence-electron chi connectivity index (χ2n) is 10.7. The van der Waals surface area contributed by atoms with Crippen LogP contribution >= 0.6 is 0 Å². The highest BCUT2D eigenvalue weighted by Crippen LogP contribution is 2.36. The largest absolute Gasteiger partial charge is 0.378 e. The standard InChI is InChI=1S/C31H35FN6O2/c1-21-20-38(13-12-35(21)2)29-19-26(32)25(22-8-10-23(11-9-22)37-14-16-40-17-15-37)18-27(29)33-31(39)30-24-6-4-5-7-28(24)36(3)34-30/h4-11,18-19,21H,12-17,20H2,1-3H3,(H,33,39). The zero-order chi connectivity index (χ0) is 27.8. The van der Waals surface area contributed by atoms with Crippen molar-refractivity contribution < 1.29 is 13.9 Å². The molecule has 1 N–H and O–H groups in total. The minimum Gasteiger partial charge on any atom is -0.378 e. The number of nitrogens with zero attached hydrogens (tertiary/aromatic N) is 5. The number of para-hydroxylation sites is 1. The zero-order valence-corrected chi connectivity index (χ0v) is 23.2. The highest BCUT2D eigenvalue weighted by atomic mass is 19.1. The summed E-state index contributed by atoms with van der Waals surface area (Å²) < 4.78 is 23.0. The average Bonchev–Trinajstić information content (AvgIpc) is 3.32. The molecule has 2 aliphatic rings. The third-order valence-electron chi connectivity index (χ3n) is 8.16. The van der Waals surface area contributed by atoms with Crippen LogP contribution in [0.15, 0.2) is 60.7 Å². The fourth-order valence-electron chi connectivity index (χ4n) is 5.65. The Balaban J connectivity index is 1.37. The predicted molar refractivity (Wildman–Crippen MR) is 158 cm³/mol. The first kappa shape index (κ1) is 26.3. The fraction of sp³-hybridized carbons (Fsp3) is 0.355. The van der Waals surface area contributed by atoms with Crippen molar-refractivity contribution in [2.24, 2.45) is 7.05 Å². The molecule has 4 aromatic rings. The summed E-state index contributed by atoms with van der Waals surface area (Å²) in [6, 6.07) is 19.2. The smallest absolute Gasteiger partial charge is 0.276 e. The number of aromatic nitrogens is 2. The van der Waals surface area contributed by atoms with Gasteiger partial charge in [-0.3, -0.25) is 9.48 Å². The molecule has 3 aromatic carbocycles. The third-order valence-corrected chi connectivity index (χ3v) is 8.16. The Morgan fingerprint density at radius 3 is 2.48 bits per heavy atom. The lowest BCUT2D eigenvalue weighted by atomic mass is 10.0. The molecule has 208 valence electrons. The van der Waals surface area contributed by atoms with Crippen molar-refractivity contribution in [2.75, 3.05) is 68.1 Å². The Hall–Kier alpha value is -3.95. The number of hydrogen-bond acceptors (Lipinski definition) is 6. The molecule has 0 bridgehead atoms. The van der Waals surface area contributed by atoms with Crippen LogP contribution in [0.2, 0.25) is 0 Å². The van der Waals surface area contributed by atoms with E-state index < -0.39 is 0 Å². The number of carbonyl (C=O) groups excluding carboxylic acids is 1. The highest BCUT2D eigenvalue weighted by Gasteiger charge is 2.26. The maximum absolute atomic E-state index is 15.8. The normalized spacial score (nSPS) is 18.4. The topological polar surface area (TPSA) is 65.9 Å². The lowest BCUT2D eigenvalue weighted by Crippen LogP contribution is -2.50. The highest BCUT2D eigenvalue weighted by molar-refractivity contribution is 6.12. The van der Waals surface area contributed by atoms with Gasteiger partial charge >= 0.3 is 0 Å². The Morgan fingerprint density at radius 2 is 1.73 bits per heavy atom. The number of likely N-dealkylation sites (N-methyl/N-ethyl adjacent to an activating group) is 1. The van der Waals surface area contributed by atoms with Crippen molar-refractivity contribution in [3.8, 4) is 11.1 Å². The second-order valence-corrected chi connectivity index (χ2v) is 10.7. The molecule has 6 rings (SSSR count). The quantitative estimate of drug-likeness (QED) is 0.398. The fourth-order valence-corrected chi connectivity index (χ4v) is 5.65. The van der Waals surface area contributed by atoms with E-state index in [0.29, 0.717) is 41.9 Å². The Kier molecular flexibility index (Phi) is 7.16. The Morgan fingerprint density at radius 1 is 0.975 bits per heavy atom. The van der Waals surface area contributed by atoms with Gasteiger partial charge in [-0.2, -0.15) is 5.10 Å². The van der Waals surface area contributed by atoms with Gasteiger partial charge < -0.3 is 24.8 Å². The summed E-state index contributed by atoms with van der Waals surface area (Å²) in [6.45, 7) is 7.57. The number of fused-ring (bicyclic) bond motifs is 1. The lowest BCUT2D eigenvalue weighted by Gasteiger charge is -2.39. The zero-order valence-electron chi connectivity index (χ0n) is 23.2. The van der Waals surface area contributed by atoms with Crippen LogP contribution in [-0.2, 0) is 11.8 Å². The van der Waals surface area contributed by atoms with Crippen molar-refractivity contribution in [1.29, 1.82) is 0 Å². The number of morpholine rings is 1. The summed E-state index contributed by atoms with van der Waals surface area (Å²) in [4.78, 5) is 20.3. The molecule has 2 saturated heterocycles. The predicted octanol–water partition coefficient (Wildman–Crippen LogP) is 4.61. The van der Waals surface area contributed by atoms with E-state index >= 15 is 4.39 Å². The van der Waals surface area contributed by atoms with Crippen molar-refractivity contribution in [1.82, 2.24) is 14.7 Å². The van der Waals surface area contributed by atoms with Crippen LogP contribution in [0, 0.1) is 5.82 Å². The number of anilines is 3. The van der Waals surface area contributed by atoms with Gasteiger partial charge in [0.15, 0.2) is 5.69 Å². The number of benzene rings is 3. The molecule has 1 unspecified atom stereocenters. The molecule has 9 heteroatoms. The molecule has 40 heavy (non-hydrogen) atoms. The van der Waals surface area contributed by atoms with Crippen molar-refractivity contribution >= 4 is 33.9 Å². The number of ether oxygens (including phenoxy) is 1. The minimum absolute atomic E-state index is 0.299. The van der Waals surface area contributed by atoms with Gasteiger partial charge in [-0.15, -0.1) is 0 Å². The van der Waals surface area contributed by atoms with Gasteiger partial charge in [0.05, 0.1) is 30.1 Å². The van der Waals surface area contributed by atoms with Crippen LogP contribution in [-0.4, -0.2) is 79.6 Å². The number of rotatable bonds is 5. The van der Waals surface area contributed by atoms with Gasteiger partial charge in [0.1, 0.15) is 5.82 Å². The summed E-state index contributed by atoms with van der Waals surface area (Å²) in [6.07, 6.45) is 0. The summed E-state index contributed by atoms with van der Waals surface area (Å²) in [5.41, 5.74) is 4.76. The summed E-state index contributed by atoms with van der Waals surface area (Å²) in [5, 5.41) is 8.37. The molecule has 1 amide bonds. The monoisotopic (exact) mass is 542 g/mol. The van der Waals surface area contributed by atoms with E-state index in [-0.39, 0.29) is 11.7 Å². The van der Waals surface area contributed by atoms with Crippen LogP contribution in [0.25, 0.3) is 22.0 Å². The number of carbonyl (C=O) groups is 1. The van der Waals surface area contributed by atoms with Gasteiger partial charge in [0.2, 0.25) is 0 Å². The number of piperazine rings is 1. The number of halogens is 1. The Labute approximate surface area is 233 Å². The first-order chi connectivity index (χ1) is 19.4. The maximum Gasteiger partial charge on any atom is 0.276 e. The van der Waals surface area contributed by atoms with E-state index in [9.17, 15) is 4.79 Å². The van der Waals surface area contributed by atoms with E-state index in [2.05, 4.69) is 39.1 Å². The molecule has 0 spiro atoms. The molecule has 0 aliphatic carbocycles. The van der Waals surface area contributed by atoms with Crippen molar-refractivity contribution in [2.45, 2.75) is 13.0 Å². The van der Waals surface area contributed by atoms with E-state index in [4.69, 9.17) is 4.74 Å². The van der Waals surface area contributed by atoms with E-state index in [0.717, 1.165) is 54.9 Å². The summed E-state index contributed by atoms with van der Waals surface area (Å²) in [5.74, 6) is -0.637. The Bertz CT molecular complexity index is 1530. The molecule has 1 aromatic heterocycles. The number of amides is 1. The van der Waals surface area contributed by atoms with Crippen LogP contribution in [0.4, 0.5) is 21.5 Å². The molecule has 2 fully saturated rings. The van der Waals surface area contributed by atoms with Crippen molar-refractivity contribution in [3.05, 3.63) is 72.2 Å². The SMILES string of the molecule is CC1CN(c2cc(F)c(-c3ccc(N4CCOCC4)cc3)cc2NC(=O)c2nn(C)c3ccccc23)CCN1C. The van der Waals surface area contributed by atoms with Gasteiger partial charge in [-0.25, -0.2) is 4.39 Å². The third kappa shape index (κ3) is 5.02. The number of nitrogens with one attached hydrogen (secondary N) is 1. The van der Waals surface area contributed by atoms with E-state index in [1.165, 1.54) is 0 Å². The number of hydrogen-bond donors (Lipinski definition) is 1. The maximum atomic E-state index is 15.8. The first-order valence-electron chi connectivity index (χ1n) is 13.8. The molecule has 8 nitrogen and oxygen atoms in total.